The standard InChI is InChI=1S/C19H15ClN4O/c1-22-17-12-8-9-15(11-6-7-11)23-18(12)24(19(25)13(17)10-21)16-5-3-2-4-14(16)20/h2-5,8-9,11,22H,6-7H2,1H3. The van der Waals surface area contributed by atoms with E-state index in [1.807, 2.05) is 24.3 Å². The van der Waals surface area contributed by atoms with Gasteiger partial charge in [0.1, 0.15) is 17.3 Å². The predicted octanol–water partition coefficient (Wildman–Crippen LogP) is 3.83. The first-order chi connectivity index (χ1) is 12.2. The van der Waals surface area contributed by atoms with Gasteiger partial charge in [0.05, 0.1) is 16.4 Å². The van der Waals surface area contributed by atoms with Gasteiger partial charge >= 0.3 is 0 Å². The summed E-state index contributed by atoms with van der Waals surface area (Å²) < 4.78 is 1.45. The van der Waals surface area contributed by atoms with E-state index in [1.165, 1.54) is 4.57 Å². The van der Waals surface area contributed by atoms with E-state index in [0.717, 1.165) is 23.9 Å². The van der Waals surface area contributed by atoms with E-state index in [2.05, 4.69) is 5.32 Å². The quantitative estimate of drug-likeness (QED) is 0.779. The maximum atomic E-state index is 13.0. The highest BCUT2D eigenvalue weighted by molar-refractivity contribution is 6.32. The second-order valence-corrected chi connectivity index (χ2v) is 6.49. The van der Waals surface area contributed by atoms with Crippen LogP contribution in [0.1, 0.15) is 30.0 Å². The molecule has 0 aliphatic heterocycles. The molecule has 4 rings (SSSR count). The first-order valence-corrected chi connectivity index (χ1v) is 8.46. The molecular weight excluding hydrogens is 336 g/mol. The van der Waals surface area contributed by atoms with Crippen LogP contribution in [0.2, 0.25) is 5.02 Å². The summed E-state index contributed by atoms with van der Waals surface area (Å²) in [4.78, 5) is 17.8. The van der Waals surface area contributed by atoms with Crippen molar-refractivity contribution in [2.24, 2.45) is 0 Å². The van der Waals surface area contributed by atoms with Gasteiger partial charge in [-0.1, -0.05) is 23.7 Å². The van der Waals surface area contributed by atoms with Crippen LogP contribution in [-0.4, -0.2) is 16.6 Å². The number of hydrogen-bond donors (Lipinski definition) is 1. The van der Waals surface area contributed by atoms with Gasteiger partial charge in [0.2, 0.25) is 0 Å². The van der Waals surface area contributed by atoms with Gasteiger partial charge in [-0.15, -0.1) is 0 Å². The number of para-hydroxylation sites is 1. The first kappa shape index (κ1) is 15.7. The summed E-state index contributed by atoms with van der Waals surface area (Å²) in [6, 6.07) is 13.0. The highest BCUT2D eigenvalue weighted by atomic mass is 35.5. The van der Waals surface area contributed by atoms with Crippen molar-refractivity contribution in [1.82, 2.24) is 9.55 Å². The molecule has 1 N–H and O–H groups in total. The van der Waals surface area contributed by atoms with Crippen LogP contribution in [0.15, 0.2) is 41.2 Å². The average Bonchev–Trinajstić information content (AvgIpc) is 3.46. The Balaban J connectivity index is 2.18. The highest BCUT2D eigenvalue weighted by Gasteiger charge is 2.27. The van der Waals surface area contributed by atoms with Gasteiger partial charge in [0, 0.05) is 24.0 Å². The molecule has 1 aliphatic rings. The number of pyridine rings is 2. The normalized spacial score (nSPS) is 13.6. The van der Waals surface area contributed by atoms with Crippen LogP contribution in [0.5, 0.6) is 0 Å². The maximum absolute atomic E-state index is 13.0. The zero-order chi connectivity index (χ0) is 17.6. The third-order valence-electron chi connectivity index (χ3n) is 4.50. The van der Waals surface area contributed by atoms with E-state index in [4.69, 9.17) is 16.6 Å². The number of aromatic nitrogens is 2. The number of fused-ring (bicyclic) bond motifs is 1. The first-order valence-electron chi connectivity index (χ1n) is 8.08. The van der Waals surface area contributed by atoms with Crippen molar-refractivity contribution in [2.75, 3.05) is 12.4 Å². The Bertz CT molecular complexity index is 1090. The van der Waals surface area contributed by atoms with Crippen LogP contribution in [0, 0.1) is 11.3 Å². The minimum atomic E-state index is -0.423. The van der Waals surface area contributed by atoms with E-state index in [0.29, 0.717) is 28.0 Å². The number of anilines is 1. The SMILES string of the molecule is CNc1c(C#N)c(=O)n(-c2ccccc2Cl)c2nc(C3CC3)ccc12. The van der Waals surface area contributed by atoms with Gasteiger partial charge in [-0.2, -0.15) is 5.26 Å². The molecule has 25 heavy (non-hydrogen) atoms. The van der Waals surface area contributed by atoms with Crippen molar-refractivity contribution < 1.29 is 0 Å². The lowest BCUT2D eigenvalue weighted by Gasteiger charge is -2.16. The Morgan fingerprint density at radius 3 is 2.68 bits per heavy atom. The van der Waals surface area contributed by atoms with Gasteiger partial charge in [0.15, 0.2) is 0 Å². The minimum Gasteiger partial charge on any atom is -0.386 e. The number of nitriles is 1. The summed E-state index contributed by atoms with van der Waals surface area (Å²) in [7, 11) is 1.70. The lowest BCUT2D eigenvalue weighted by molar-refractivity contribution is 0.969. The van der Waals surface area contributed by atoms with E-state index >= 15 is 0 Å². The van der Waals surface area contributed by atoms with Gasteiger partial charge in [-0.3, -0.25) is 9.36 Å². The molecule has 0 spiro atoms. The van der Waals surface area contributed by atoms with E-state index in [9.17, 15) is 10.1 Å². The maximum Gasteiger partial charge on any atom is 0.276 e. The van der Waals surface area contributed by atoms with E-state index < -0.39 is 5.56 Å². The summed E-state index contributed by atoms with van der Waals surface area (Å²) in [5, 5.41) is 13.7. The highest BCUT2D eigenvalue weighted by Crippen LogP contribution is 2.40. The van der Waals surface area contributed by atoms with Crippen molar-refractivity contribution in [2.45, 2.75) is 18.8 Å². The van der Waals surface area contributed by atoms with Crippen molar-refractivity contribution in [1.29, 1.82) is 5.26 Å². The Morgan fingerprint density at radius 2 is 2.04 bits per heavy atom. The number of nitrogens with one attached hydrogen (secondary N) is 1. The third kappa shape index (κ3) is 2.46. The molecule has 2 aromatic heterocycles. The average molecular weight is 351 g/mol. The van der Waals surface area contributed by atoms with Crippen molar-refractivity contribution >= 4 is 28.3 Å². The van der Waals surface area contributed by atoms with Crippen LogP contribution < -0.4 is 10.9 Å². The fourth-order valence-electron chi connectivity index (χ4n) is 3.10. The summed E-state index contributed by atoms with van der Waals surface area (Å²) in [6.07, 6.45) is 2.23. The molecule has 0 saturated heterocycles. The molecule has 0 unspecified atom stereocenters. The second kappa shape index (κ2) is 5.91. The lowest BCUT2D eigenvalue weighted by atomic mass is 10.1. The molecule has 1 fully saturated rings. The van der Waals surface area contributed by atoms with E-state index in [1.54, 1.807) is 25.2 Å². The molecule has 124 valence electrons. The summed E-state index contributed by atoms with van der Waals surface area (Å²) in [5.41, 5.74) is 2.15. The topological polar surface area (TPSA) is 70.7 Å². The Labute approximate surface area is 149 Å². The molecule has 2 heterocycles. The number of nitrogens with zero attached hydrogens (tertiary/aromatic N) is 3. The molecule has 3 aromatic rings. The van der Waals surface area contributed by atoms with Crippen LogP contribution in [0.4, 0.5) is 5.69 Å². The molecule has 0 amide bonds. The van der Waals surface area contributed by atoms with Crippen LogP contribution >= 0.6 is 11.6 Å². The van der Waals surface area contributed by atoms with Gasteiger partial charge in [-0.25, -0.2) is 4.98 Å². The van der Waals surface area contributed by atoms with Gasteiger partial charge in [0.25, 0.3) is 5.56 Å². The summed E-state index contributed by atoms with van der Waals surface area (Å²) in [5.74, 6) is 0.452. The number of hydrogen-bond acceptors (Lipinski definition) is 4. The molecule has 0 atom stereocenters. The predicted molar refractivity (Wildman–Crippen MR) is 98.6 cm³/mol. The van der Waals surface area contributed by atoms with Crippen molar-refractivity contribution in [3.63, 3.8) is 0 Å². The molecule has 0 bridgehead atoms. The fourth-order valence-corrected chi connectivity index (χ4v) is 3.32. The van der Waals surface area contributed by atoms with Gasteiger partial charge < -0.3 is 5.32 Å². The molecule has 0 radical (unpaired) electrons. The molecule has 1 saturated carbocycles. The Hall–Kier alpha value is -2.84. The van der Waals surface area contributed by atoms with Crippen LogP contribution in [0.3, 0.4) is 0 Å². The number of halogens is 1. The minimum absolute atomic E-state index is 0.0518. The molecular formula is C19H15ClN4O. The zero-order valence-corrected chi connectivity index (χ0v) is 14.3. The molecule has 1 aliphatic carbocycles. The lowest BCUT2D eigenvalue weighted by Crippen LogP contribution is -2.24. The third-order valence-corrected chi connectivity index (χ3v) is 4.82. The smallest absolute Gasteiger partial charge is 0.276 e. The monoisotopic (exact) mass is 350 g/mol. The second-order valence-electron chi connectivity index (χ2n) is 6.09. The Morgan fingerprint density at radius 1 is 1.28 bits per heavy atom. The zero-order valence-electron chi connectivity index (χ0n) is 13.6. The number of benzene rings is 1. The van der Waals surface area contributed by atoms with Gasteiger partial charge in [-0.05, 0) is 37.1 Å². The van der Waals surface area contributed by atoms with Crippen molar-refractivity contribution in [3.05, 3.63) is 63.0 Å². The van der Waals surface area contributed by atoms with E-state index in [-0.39, 0.29) is 5.56 Å². The molecule has 1 aromatic carbocycles. The fraction of sp³-hybridized carbons (Fsp3) is 0.211. The summed E-state index contributed by atoms with van der Waals surface area (Å²) >= 11 is 6.33. The van der Waals surface area contributed by atoms with Crippen molar-refractivity contribution in [3.8, 4) is 11.8 Å². The largest absolute Gasteiger partial charge is 0.386 e. The Kier molecular flexibility index (Phi) is 3.70. The summed E-state index contributed by atoms with van der Waals surface area (Å²) in [6.45, 7) is 0. The van der Waals surface area contributed by atoms with Crippen LogP contribution in [-0.2, 0) is 0 Å². The number of rotatable bonds is 3. The van der Waals surface area contributed by atoms with Crippen LogP contribution in [0.25, 0.3) is 16.7 Å². The molecule has 5 nitrogen and oxygen atoms in total. The molecule has 6 heteroatoms.